The number of hydrogen-bond donors (Lipinski definition) is 2. The molecule has 0 fully saturated rings. The summed E-state index contributed by atoms with van der Waals surface area (Å²) >= 11 is 0. The zero-order valence-electron chi connectivity index (χ0n) is 12.8. The van der Waals surface area contributed by atoms with Crippen molar-refractivity contribution in [1.29, 1.82) is 0 Å². The van der Waals surface area contributed by atoms with Crippen molar-refractivity contribution in [3.05, 3.63) is 29.3 Å². The number of carbonyl (C=O) groups excluding carboxylic acids is 1. The van der Waals surface area contributed by atoms with Gasteiger partial charge in [0.2, 0.25) is 0 Å². The molecule has 0 unspecified atom stereocenters. The van der Waals surface area contributed by atoms with E-state index in [-0.39, 0.29) is 11.3 Å². The van der Waals surface area contributed by atoms with Crippen LogP contribution in [0.5, 0.6) is 0 Å². The maximum Gasteiger partial charge on any atom is 0.251 e. The molecular formula is C16H26N2O. The summed E-state index contributed by atoms with van der Waals surface area (Å²) in [6, 6.07) is 5.80. The van der Waals surface area contributed by atoms with Gasteiger partial charge >= 0.3 is 0 Å². The summed E-state index contributed by atoms with van der Waals surface area (Å²) in [5.41, 5.74) is 3.04. The number of hydrogen-bond acceptors (Lipinski definition) is 2. The summed E-state index contributed by atoms with van der Waals surface area (Å²) in [5, 5.41) is 6.32. The van der Waals surface area contributed by atoms with Crippen molar-refractivity contribution in [3.63, 3.8) is 0 Å². The van der Waals surface area contributed by atoms with Gasteiger partial charge in [0, 0.05) is 24.3 Å². The standard InChI is InChI=1S/C16H26N2O/c1-6-9-17-14-8-7-13(10-12(14)2)15(19)18-11-16(3,4)5/h7-8,10,17H,6,9,11H2,1-5H3,(H,18,19). The van der Waals surface area contributed by atoms with E-state index in [9.17, 15) is 4.79 Å². The zero-order valence-corrected chi connectivity index (χ0v) is 12.8. The van der Waals surface area contributed by atoms with Gasteiger partial charge in [-0.05, 0) is 42.5 Å². The topological polar surface area (TPSA) is 41.1 Å². The normalized spacial score (nSPS) is 11.2. The lowest BCUT2D eigenvalue weighted by atomic mass is 9.97. The van der Waals surface area contributed by atoms with Crippen LogP contribution in [-0.4, -0.2) is 19.0 Å². The molecule has 3 heteroatoms. The molecule has 0 atom stereocenters. The molecule has 1 rings (SSSR count). The molecule has 0 saturated carbocycles. The second kappa shape index (κ2) is 6.60. The van der Waals surface area contributed by atoms with Gasteiger partial charge in [-0.3, -0.25) is 4.79 Å². The van der Waals surface area contributed by atoms with Crippen LogP contribution in [0.15, 0.2) is 18.2 Å². The maximum absolute atomic E-state index is 12.0. The lowest BCUT2D eigenvalue weighted by Crippen LogP contribution is -2.32. The van der Waals surface area contributed by atoms with Crippen LogP contribution in [0.25, 0.3) is 0 Å². The fourth-order valence-corrected chi connectivity index (χ4v) is 1.71. The molecule has 0 aliphatic heterocycles. The Morgan fingerprint density at radius 3 is 2.47 bits per heavy atom. The molecule has 0 saturated heterocycles. The summed E-state index contributed by atoms with van der Waals surface area (Å²) in [6.07, 6.45) is 1.09. The third kappa shape index (κ3) is 5.33. The SMILES string of the molecule is CCCNc1ccc(C(=O)NCC(C)(C)C)cc1C. The van der Waals surface area contributed by atoms with E-state index < -0.39 is 0 Å². The first kappa shape index (κ1) is 15.5. The Morgan fingerprint density at radius 2 is 1.95 bits per heavy atom. The summed E-state index contributed by atoms with van der Waals surface area (Å²) in [4.78, 5) is 12.0. The highest BCUT2D eigenvalue weighted by molar-refractivity contribution is 5.94. The van der Waals surface area contributed by atoms with Gasteiger partial charge < -0.3 is 10.6 Å². The van der Waals surface area contributed by atoms with Crippen LogP contribution in [-0.2, 0) is 0 Å². The Bertz CT molecular complexity index is 433. The van der Waals surface area contributed by atoms with Crippen molar-refractivity contribution >= 4 is 11.6 Å². The van der Waals surface area contributed by atoms with Crippen LogP contribution < -0.4 is 10.6 Å². The maximum atomic E-state index is 12.0. The third-order valence-electron chi connectivity index (χ3n) is 2.83. The van der Waals surface area contributed by atoms with Crippen LogP contribution in [0, 0.1) is 12.3 Å². The molecule has 0 spiro atoms. The van der Waals surface area contributed by atoms with E-state index in [1.165, 1.54) is 0 Å². The molecular weight excluding hydrogens is 236 g/mol. The van der Waals surface area contributed by atoms with E-state index in [1.807, 2.05) is 25.1 Å². The summed E-state index contributed by atoms with van der Waals surface area (Å²) in [7, 11) is 0. The zero-order chi connectivity index (χ0) is 14.5. The molecule has 0 aliphatic rings. The van der Waals surface area contributed by atoms with Gasteiger partial charge in [0.1, 0.15) is 0 Å². The van der Waals surface area contributed by atoms with E-state index in [4.69, 9.17) is 0 Å². The Kier molecular flexibility index (Phi) is 5.40. The van der Waals surface area contributed by atoms with Crippen molar-refractivity contribution in [3.8, 4) is 0 Å². The number of anilines is 1. The average molecular weight is 262 g/mol. The molecule has 19 heavy (non-hydrogen) atoms. The molecule has 2 N–H and O–H groups in total. The second-order valence-electron chi connectivity index (χ2n) is 6.20. The Hall–Kier alpha value is -1.51. The first-order valence-corrected chi connectivity index (χ1v) is 6.96. The summed E-state index contributed by atoms with van der Waals surface area (Å²) < 4.78 is 0. The van der Waals surface area contributed by atoms with E-state index in [2.05, 4.69) is 38.3 Å². The highest BCUT2D eigenvalue weighted by Gasteiger charge is 2.13. The Labute approximate surface area is 116 Å². The number of rotatable bonds is 5. The Morgan fingerprint density at radius 1 is 1.26 bits per heavy atom. The van der Waals surface area contributed by atoms with Crippen molar-refractivity contribution in [1.82, 2.24) is 5.32 Å². The van der Waals surface area contributed by atoms with Crippen LogP contribution in [0.3, 0.4) is 0 Å². The van der Waals surface area contributed by atoms with Gasteiger partial charge in [0.05, 0.1) is 0 Å². The van der Waals surface area contributed by atoms with Gasteiger partial charge in [-0.25, -0.2) is 0 Å². The van der Waals surface area contributed by atoms with Crippen molar-refractivity contribution in [2.75, 3.05) is 18.4 Å². The molecule has 1 amide bonds. The first-order valence-electron chi connectivity index (χ1n) is 6.96. The fourth-order valence-electron chi connectivity index (χ4n) is 1.71. The van der Waals surface area contributed by atoms with Crippen molar-refractivity contribution in [2.24, 2.45) is 5.41 Å². The lowest BCUT2D eigenvalue weighted by Gasteiger charge is -2.19. The summed E-state index contributed by atoms with van der Waals surface area (Å²) in [6.45, 7) is 12.1. The predicted molar refractivity (Wildman–Crippen MR) is 81.7 cm³/mol. The number of aryl methyl sites for hydroxylation is 1. The van der Waals surface area contributed by atoms with Crippen molar-refractivity contribution < 1.29 is 4.79 Å². The van der Waals surface area contributed by atoms with E-state index >= 15 is 0 Å². The molecule has 0 radical (unpaired) electrons. The van der Waals surface area contributed by atoms with Gasteiger partial charge in [-0.2, -0.15) is 0 Å². The molecule has 1 aromatic carbocycles. The van der Waals surface area contributed by atoms with E-state index in [0.29, 0.717) is 6.54 Å². The molecule has 1 aromatic rings. The minimum atomic E-state index is 0.0000616. The quantitative estimate of drug-likeness (QED) is 0.851. The lowest BCUT2D eigenvalue weighted by molar-refractivity contribution is 0.0939. The Balaban J connectivity index is 2.69. The minimum Gasteiger partial charge on any atom is -0.385 e. The van der Waals surface area contributed by atoms with E-state index in [1.54, 1.807) is 0 Å². The number of nitrogens with one attached hydrogen (secondary N) is 2. The first-order chi connectivity index (χ1) is 8.83. The number of carbonyl (C=O) groups is 1. The van der Waals surface area contributed by atoms with Crippen LogP contribution in [0.1, 0.15) is 50.0 Å². The second-order valence-corrected chi connectivity index (χ2v) is 6.20. The summed E-state index contributed by atoms with van der Waals surface area (Å²) in [5.74, 6) is 0.0000616. The van der Waals surface area contributed by atoms with Gasteiger partial charge in [-0.15, -0.1) is 0 Å². The third-order valence-corrected chi connectivity index (χ3v) is 2.83. The molecule has 106 valence electrons. The predicted octanol–water partition coefficient (Wildman–Crippen LogP) is 3.59. The monoisotopic (exact) mass is 262 g/mol. The number of amides is 1. The molecule has 0 bridgehead atoms. The van der Waals surface area contributed by atoms with Crippen molar-refractivity contribution in [2.45, 2.75) is 41.0 Å². The van der Waals surface area contributed by atoms with Crippen LogP contribution >= 0.6 is 0 Å². The average Bonchev–Trinajstić information content (AvgIpc) is 2.33. The highest BCUT2D eigenvalue weighted by atomic mass is 16.1. The van der Waals surface area contributed by atoms with Gasteiger partial charge in [-0.1, -0.05) is 27.7 Å². The van der Waals surface area contributed by atoms with Crippen LogP contribution in [0.4, 0.5) is 5.69 Å². The minimum absolute atomic E-state index is 0.0000616. The smallest absolute Gasteiger partial charge is 0.251 e. The fraction of sp³-hybridized carbons (Fsp3) is 0.562. The van der Waals surface area contributed by atoms with Crippen LogP contribution in [0.2, 0.25) is 0 Å². The largest absolute Gasteiger partial charge is 0.385 e. The molecule has 0 heterocycles. The molecule has 3 nitrogen and oxygen atoms in total. The van der Waals surface area contributed by atoms with Gasteiger partial charge in [0.15, 0.2) is 0 Å². The van der Waals surface area contributed by atoms with E-state index in [0.717, 1.165) is 29.8 Å². The van der Waals surface area contributed by atoms with Gasteiger partial charge in [0.25, 0.3) is 5.91 Å². The number of benzene rings is 1. The molecule has 0 aliphatic carbocycles. The molecule has 0 aromatic heterocycles. The highest BCUT2D eigenvalue weighted by Crippen LogP contribution is 2.17.